The fourth-order valence-electron chi connectivity index (χ4n) is 2.84. The van der Waals surface area contributed by atoms with Gasteiger partial charge in [0.05, 0.1) is 18.4 Å². The molecule has 0 fully saturated rings. The summed E-state index contributed by atoms with van der Waals surface area (Å²) in [4.78, 5) is 2.78. The topological polar surface area (TPSA) is 56.5 Å². The minimum absolute atomic E-state index is 0.410. The van der Waals surface area contributed by atoms with Gasteiger partial charge in [0.15, 0.2) is 11.5 Å². The number of thiophene rings is 1. The van der Waals surface area contributed by atoms with Gasteiger partial charge in [0.2, 0.25) is 0 Å². The Morgan fingerprint density at radius 1 is 1.07 bits per heavy atom. The van der Waals surface area contributed by atoms with Crippen LogP contribution in [0, 0.1) is 13.8 Å². The van der Waals surface area contributed by atoms with Crippen LogP contribution in [0.1, 0.15) is 39.3 Å². The molecule has 3 aromatic rings. The van der Waals surface area contributed by atoms with E-state index in [1.165, 1.54) is 9.75 Å². The van der Waals surface area contributed by atoms with Crippen LogP contribution < -0.4 is 14.8 Å². The first kappa shape index (κ1) is 19.5. The number of hydrogen-bond acceptors (Lipinski definition) is 6. The Kier molecular flexibility index (Phi) is 6.53. The van der Waals surface area contributed by atoms with Gasteiger partial charge in [-0.25, -0.2) is 0 Å². The summed E-state index contributed by atoms with van der Waals surface area (Å²) < 4.78 is 16.6. The van der Waals surface area contributed by atoms with E-state index in [0.29, 0.717) is 12.4 Å². The molecule has 0 aliphatic heterocycles. The highest BCUT2D eigenvalue weighted by atomic mass is 32.1. The molecule has 0 atom stereocenters. The zero-order chi connectivity index (χ0) is 19.2. The third-order valence-corrected chi connectivity index (χ3v) is 5.70. The first-order valence-electron chi connectivity index (χ1n) is 9.10. The number of benzene rings is 1. The van der Waals surface area contributed by atoms with E-state index in [9.17, 15) is 0 Å². The average molecular weight is 387 g/mol. The minimum Gasteiger partial charge on any atom is -0.493 e. The van der Waals surface area contributed by atoms with Gasteiger partial charge in [-0.05, 0) is 50.1 Å². The fourth-order valence-corrected chi connectivity index (χ4v) is 3.76. The molecule has 0 radical (unpaired) electrons. The SMILES string of the molecule is CCc1ccc(CNCc2ccc(OCc3c(C)noc3C)c(OC)c2)s1. The van der Waals surface area contributed by atoms with Crippen molar-refractivity contribution < 1.29 is 14.0 Å². The lowest BCUT2D eigenvalue weighted by Crippen LogP contribution is -2.11. The Balaban J connectivity index is 1.58. The smallest absolute Gasteiger partial charge is 0.161 e. The largest absolute Gasteiger partial charge is 0.493 e. The maximum atomic E-state index is 5.93. The molecule has 1 aromatic carbocycles. The van der Waals surface area contributed by atoms with Crippen molar-refractivity contribution in [3.05, 3.63) is 62.7 Å². The van der Waals surface area contributed by atoms with Crippen molar-refractivity contribution in [2.45, 2.75) is 46.9 Å². The highest BCUT2D eigenvalue weighted by molar-refractivity contribution is 7.11. The van der Waals surface area contributed by atoms with E-state index in [-0.39, 0.29) is 0 Å². The maximum absolute atomic E-state index is 5.93. The predicted octanol–water partition coefficient (Wildman–Crippen LogP) is 4.79. The second-order valence-electron chi connectivity index (χ2n) is 6.40. The Hall–Kier alpha value is -2.31. The molecule has 27 heavy (non-hydrogen) atoms. The van der Waals surface area contributed by atoms with Crippen molar-refractivity contribution in [2.75, 3.05) is 7.11 Å². The summed E-state index contributed by atoms with van der Waals surface area (Å²) in [6, 6.07) is 10.4. The van der Waals surface area contributed by atoms with Crippen LogP contribution in [-0.4, -0.2) is 12.3 Å². The van der Waals surface area contributed by atoms with Crippen molar-refractivity contribution in [1.29, 1.82) is 0 Å². The van der Waals surface area contributed by atoms with Crippen LogP contribution in [-0.2, 0) is 26.1 Å². The molecular formula is C21H26N2O3S. The molecule has 0 amide bonds. The molecular weight excluding hydrogens is 360 g/mol. The van der Waals surface area contributed by atoms with E-state index in [1.807, 2.05) is 37.3 Å². The zero-order valence-electron chi connectivity index (χ0n) is 16.3. The van der Waals surface area contributed by atoms with Gasteiger partial charge in [0.1, 0.15) is 12.4 Å². The number of methoxy groups -OCH3 is 1. The lowest BCUT2D eigenvalue weighted by atomic mass is 10.2. The third-order valence-electron chi connectivity index (χ3n) is 4.48. The van der Waals surface area contributed by atoms with E-state index in [1.54, 1.807) is 7.11 Å². The molecule has 0 aliphatic carbocycles. The molecule has 2 aromatic heterocycles. The van der Waals surface area contributed by atoms with E-state index in [0.717, 1.165) is 47.8 Å². The van der Waals surface area contributed by atoms with Crippen LogP contribution in [0.15, 0.2) is 34.9 Å². The Bertz CT molecular complexity index is 866. The second kappa shape index (κ2) is 9.06. The molecule has 0 unspecified atom stereocenters. The number of nitrogens with zero attached hydrogens (tertiary/aromatic N) is 1. The van der Waals surface area contributed by atoms with Crippen molar-refractivity contribution in [3.63, 3.8) is 0 Å². The number of hydrogen-bond donors (Lipinski definition) is 1. The van der Waals surface area contributed by atoms with Crippen LogP contribution in [0.25, 0.3) is 0 Å². The number of aryl methyl sites for hydroxylation is 3. The first-order valence-corrected chi connectivity index (χ1v) is 9.92. The molecule has 5 nitrogen and oxygen atoms in total. The highest BCUT2D eigenvalue weighted by Gasteiger charge is 2.12. The molecule has 2 heterocycles. The number of rotatable bonds is 9. The van der Waals surface area contributed by atoms with Gasteiger partial charge in [-0.1, -0.05) is 18.1 Å². The van der Waals surface area contributed by atoms with Gasteiger partial charge in [-0.15, -0.1) is 11.3 Å². The molecule has 0 bridgehead atoms. The van der Waals surface area contributed by atoms with Crippen LogP contribution in [0.5, 0.6) is 11.5 Å². The van der Waals surface area contributed by atoms with Gasteiger partial charge in [0.25, 0.3) is 0 Å². The molecule has 144 valence electrons. The quantitative estimate of drug-likeness (QED) is 0.573. The standard InChI is InChI=1S/C21H26N2O3S/c1-5-17-7-8-18(27-17)12-22-11-16-6-9-20(21(10-16)24-4)25-13-19-14(2)23-26-15(19)3/h6-10,22H,5,11-13H2,1-4H3. The Labute approximate surface area is 164 Å². The highest BCUT2D eigenvalue weighted by Crippen LogP contribution is 2.29. The fraction of sp³-hybridized carbons (Fsp3) is 0.381. The normalized spacial score (nSPS) is 11.0. The summed E-state index contributed by atoms with van der Waals surface area (Å²) in [5.41, 5.74) is 2.99. The van der Waals surface area contributed by atoms with Crippen LogP contribution in [0.2, 0.25) is 0 Å². The van der Waals surface area contributed by atoms with E-state index >= 15 is 0 Å². The lowest BCUT2D eigenvalue weighted by Gasteiger charge is -2.12. The minimum atomic E-state index is 0.410. The van der Waals surface area contributed by atoms with Gasteiger partial charge < -0.3 is 19.3 Å². The van der Waals surface area contributed by atoms with E-state index < -0.39 is 0 Å². The van der Waals surface area contributed by atoms with Crippen molar-refractivity contribution >= 4 is 11.3 Å². The van der Waals surface area contributed by atoms with Gasteiger partial charge >= 0.3 is 0 Å². The van der Waals surface area contributed by atoms with Crippen LogP contribution in [0.3, 0.4) is 0 Å². The third kappa shape index (κ3) is 4.90. The lowest BCUT2D eigenvalue weighted by molar-refractivity contribution is 0.281. The Morgan fingerprint density at radius 2 is 1.89 bits per heavy atom. The van der Waals surface area contributed by atoms with Gasteiger partial charge in [0, 0.05) is 22.8 Å². The van der Waals surface area contributed by atoms with Crippen LogP contribution in [0.4, 0.5) is 0 Å². The van der Waals surface area contributed by atoms with Crippen molar-refractivity contribution in [3.8, 4) is 11.5 Å². The zero-order valence-corrected chi connectivity index (χ0v) is 17.1. The first-order chi connectivity index (χ1) is 13.1. The monoisotopic (exact) mass is 386 g/mol. The van der Waals surface area contributed by atoms with Gasteiger partial charge in [-0.3, -0.25) is 0 Å². The van der Waals surface area contributed by atoms with Crippen molar-refractivity contribution in [1.82, 2.24) is 10.5 Å². The molecule has 1 N–H and O–H groups in total. The Morgan fingerprint density at radius 3 is 2.56 bits per heavy atom. The summed E-state index contributed by atoms with van der Waals surface area (Å²) >= 11 is 1.87. The molecule has 0 spiro atoms. The number of aromatic nitrogens is 1. The van der Waals surface area contributed by atoms with Gasteiger partial charge in [-0.2, -0.15) is 0 Å². The summed E-state index contributed by atoms with van der Waals surface area (Å²) in [5, 5.41) is 7.45. The molecule has 0 saturated carbocycles. The molecule has 6 heteroatoms. The summed E-state index contributed by atoms with van der Waals surface area (Å²) in [5.74, 6) is 2.23. The number of nitrogens with one attached hydrogen (secondary N) is 1. The predicted molar refractivity (Wildman–Crippen MR) is 108 cm³/mol. The number of ether oxygens (including phenoxy) is 2. The van der Waals surface area contributed by atoms with Crippen LogP contribution >= 0.6 is 11.3 Å². The average Bonchev–Trinajstić information content (AvgIpc) is 3.27. The van der Waals surface area contributed by atoms with E-state index in [2.05, 4.69) is 35.6 Å². The second-order valence-corrected chi connectivity index (χ2v) is 7.65. The maximum Gasteiger partial charge on any atom is 0.161 e. The van der Waals surface area contributed by atoms with Crippen molar-refractivity contribution in [2.24, 2.45) is 0 Å². The summed E-state index contributed by atoms with van der Waals surface area (Å²) in [6.07, 6.45) is 1.09. The summed E-state index contributed by atoms with van der Waals surface area (Å²) in [6.45, 7) is 8.05. The molecule has 0 aliphatic rings. The summed E-state index contributed by atoms with van der Waals surface area (Å²) in [7, 11) is 1.66. The molecule has 3 rings (SSSR count). The molecule has 0 saturated heterocycles. The van der Waals surface area contributed by atoms with E-state index in [4.69, 9.17) is 14.0 Å².